The van der Waals surface area contributed by atoms with Crippen molar-refractivity contribution >= 4 is 23.4 Å². The molecule has 0 aromatic heterocycles. The average Bonchev–Trinajstić information content (AvgIpc) is 3.30. The number of benzene rings is 2. The molecular formula is C25H30ClFN2O3. The summed E-state index contributed by atoms with van der Waals surface area (Å²) in [6.45, 7) is 2.37. The van der Waals surface area contributed by atoms with Crippen LogP contribution in [0.2, 0.25) is 5.02 Å². The zero-order valence-electron chi connectivity index (χ0n) is 18.4. The maximum atomic E-state index is 13.3. The van der Waals surface area contributed by atoms with Gasteiger partial charge >= 0.3 is 0 Å². The predicted octanol–water partition coefficient (Wildman–Crippen LogP) is 5.11. The van der Waals surface area contributed by atoms with E-state index in [-0.39, 0.29) is 36.6 Å². The second kappa shape index (κ2) is 11.9. The van der Waals surface area contributed by atoms with Crippen LogP contribution >= 0.6 is 11.6 Å². The van der Waals surface area contributed by atoms with E-state index in [1.807, 2.05) is 0 Å². The minimum Gasteiger partial charge on any atom is -0.494 e. The number of hydrogen-bond acceptors (Lipinski definition) is 3. The number of carbonyl (C=O) groups excluding carboxylic acids is 2. The first kappa shape index (κ1) is 24.1. The molecule has 1 saturated carbocycles. The highest BCUT2D eigenvalue weighted by Crippen LogP contribution is 2.19. The molecule has 0 radical (unpaired) electrons. The maximum Gasteiger partial charge on any atom is 0.242 e. The predicted molar refractivity (Wildman–Crippen MR) is 123 cm³/mol. The lowest BCUT2D eigenvalue weighted by atomic mass is 10.1. The van der Waals surface area contributed by atoms with Crippen LogP contribution < -0.4 is 10.1 Å². The SMILES string of the molecule is C[C@@H](C(=O)NC1CCCC1)N(Cc1ccc(F)cc1)C(=O)CCCOc1ccc(Cl)cc1. The molecular weight excluding hydrogens is 431 g/mol. The summed E-state index contributed by atoms with van der Waals surface area (Å²) in [6.07, 6.45) is 4.95. The lowest BCUT2D eigenvalue weighted by molar-refractivity contribution is -0.141. The Morgan fingerprint density at radius 3 is 2.44 bits per heavy atom. The lowest BCUT2D eigenvalue weighted by Crippen LogP contribution is -2.49. The molecule has 5 nitrogen and oxygen atoms in total. The Morgan fingerprint density at radius 1 is 1.12 bits per heavy atom. The molecule has 3 rings (SSSR count). The Hall–Kier alpha value is -2.60. The van der Waals surface area contributed by atoms with Crippen LogP contribution in [0.5, 0.6) is 5.75 Å². The molecule has 0 bridgehead atoms. The van der Waals surface area contributed by atoms with E-state index >= 15 is 0 Å². The van der Waals surface area contributed by atoms with Gasteiger partial charge in [0.05, 0.1) is 6.61 Å². The van der Waals surface area contributed by atoms with Crippen molar-refractivity contribution in [2.45, 2.75) is 64.1 Å². The van der Waals surface area contributed by atoms with Crippen molar-refractivity contribution in [3.05, 3.63) is 64.9 Å². The molecule has 172 valence electrons. The van der Waals surface area contributed by atoms with Crippen molar-refractivity contribution in [3.63, 3.8) is 0 Å². The van der Waals surface area contributed by atoms with Gasteiger partial charge in [-0.3, -0.25) is 9.59 Å². The molecule has 1 atom stereocenters. The van der Waals surface area contributed by atoms with Gasteiger partial charge in [-0.05, 0) is 68.1 Å². The van der Waals surface area contributed by atoms with E-state index < -0.39 is 6.04 Å². The summed E-state index contributed by atoms with van der Waals surface area (Å²) in [4.78, 5) is 27.5. The quantitative estimate of drug-likeness (QED) is 0.501. The van der Waals surface area contributed by atoms with E-state index in [2.05, 4.69) is 5.32 Å². The fraction of sp³-hybridized carbons (Fsp3) is 0.440. The van der Waals surface area contributed by atoms with E-state index in [4.69, 9.17) is 16.3 Å². The van der Waals surface area contributed by atoms with Gasteiger partial charge in [0.1, 0.15) is 17.6 Å². The molecule has 0 unspecified atom stereocenters. The van der Waals surface area contributed by atoms with Crippen LogP contribution in [-0.4, -0.2) is 35.4 Å². The van der Waals surface area contributed by atoms with Crippen LogP contribution in [0.4, 0.5) is 4.39 Å². The Kier molecular flexibility index (Phi) is 8.91. The third kappa shape index (κ3) is 7.23. The van der Waals surface area contributed by atoms with Gasteiger partial charge in [0, 0.05) is 24.0 Å². The van der Waals surface area contributed by atoms with Crippen molar-refractivity contribution in [3.8, 4) is 5.75 Å². The summed E-state index contributed by atoms with van der Waals surface area (Å²) in [7, 11) is 0. The van der Waals surface area contributed by atoms with Gasteiger partial charge in [-0.1, -0.05) is 36.6 Å². The fourth-order valence-electron chi connectivity index (χ4n) is 3.85. The summed E-state index contributed by atoms with van der Waals surface area (Å²) in [6, 6.07) is 12.6. The molecule has 2 amide bonds. The largest absolute Gasteiger partial charge is 0.494 e. The molecule has 0 heterocycles. The number of halogens is 2. The molecule has 0 saturated heterocycles. The van der Waals surface area contributed by atoms with Crippen molar-refractivity contribution in [2.24, 2.45) is 0 Å². The van der Waals surface area contributed by atoms with Crippen molar-refractivity contribution in [1.29, 1.82) is 0 Å². The van der Waals surface area contributed by atoms with Crippen LogP contribution in [0, 0.1) is 5.82 Å². The molecule has 1 N–H and O–H groups in total. The molecule has 0 aliphatic heterocycles. The second-order valence-corrected chi connectivity index (χ2v) is 8.66. The molecule has 7 heteroatoms. The molecule has 2 aromatic rings. The van der Waals surface area contributed by atoms with Crippen LogP contribution in [0.3, 0.4) is 0 Å². The minimum atomic E-state index is -0.620. The van der Waals surface area contributed by atoms with Gasteiger partial charge in [-0.2, -0.15) is 0 Å². The lowest BCUT2D eigenvalue weighted by Gasteiger charge is -2.30. The first-order chi connectivity index (χ1) is 15.4. The summed E-state index contributed by atoms with van der Waals surface area (Å²) >= 11 is 5.87. The van der Waals surface area contributed by atoms with Crippen LogP contribution in [-0.2, 0) is 16.1 Å². The van der Waals surface area contributed by atoms with Crippen LogP contribution in [0.25, 0.3) is 0 Å². The van der Waals surface area contributed by atoms with E-state index in [0.29, 0.717) is 23.8 Å². The Labute approximate surface area is 193 Å². The van der Waals surface area contributed by atoms with Crippen molar-refractivity contribution in [2.75, 3.05) is 6.61 Å². The number of rotatable bonds is 10. The Morgan fingerprint density at radius 2 is 1.78 bits per heavy atom. The zero-order valence-corrected chi connectivity index (χ0v) is 19.1. The summed E-state index contributed by atoms with van der Waals surface area (Å²) in [5.41, 5.74) is 0.776. The third-order valence-corrected chi connectivity index (χ3v) is 6.00. The molecule has 32 heavy (non-hydrogen) atoms. The molecule has 1 aliphatic rings. The fourth-order valence-corrected chi connectivity index (χ4v) is 3.97. The second-order valence-electron chi connectivity index (χ2n) is 8.22. The zero-order chi connectivity index (χ0) is 22.9. The number of nitrogens with one attached hydrogen (secondary N) is 1. The van der Waals surface area contributed by atoms with E-state index in [1.165, 1.54) is 12.1 Å². The topological polar surface area (TPSA) is 58.6 Å². The molecule has 1 aliphatic carbocycles. The van der Waals surface area contributed by atoms with Gasteiger partial charge < -0.3 is 15.0 Å². The number of ether oxygens (including phenoxy) is 1. The minimum absolute atomic E-state index is 0.136. The number of nitrogens with zero attached hydrogens (tertiary/aromatic N) is 1. The van der Waals surface area contributed by atoms with Crippen LogP contribution in [0.15, 0.2) is 48.5 Å². The maximum absolute atomic E-state index is 13.3. The molecule has 0 spiro atoms. The highest BCUT2D eigenvalue weighted by atomic mass is 35.5. The smallest absolute Gasteiger partial charge is 0.242 e. The summed E-state index contributed by atoms with van der Waals surface area (Å²) in [5, 5.41) is 3.71. The van der Waals surface area contributed by atoms with Crippen molar-refractivity contribution in [1.82, 2.24) is 10.2 Å². The standard InChI is InChI=1S/C25H30ClFN2O3/c1-18(25(31)28-22-5-2-3-6-22)29(17-19-8-12-21(27)13-9-19)24(30)7-4-16-32-23-14-10-20(26)11-15-23/h8-15,18,22H,2-7,16-17H2,1H3,(H,28,31)/t18-/m0/s1. The average molecular weight is 461 g/mol. The highest BCUT2D eigenvalue weighted by Gasteiger charge is 2.28. The molecule has 1 fully saturated rings. The monoisotopic (exact) mass is 460 g/mol. The van der Waals surface area contributed by atoms with Crippen LogP contribution in [0.1, 0.15) is 51.0 Å². The summed E-state index contributed by atoms with van der Waals surface area (Å²) in [5.74, 6) is 0.0696. The number of carbonyl (C=O) groups is 2. The third-order valence-electron chi connectivity index (χ3n) is 5.75. The Bertz CT molecular complexity index is 883. The highest BCUT2D eigenvalue weighted by molar-refractivity contribution is 6.30. The molecule has 2 aromatic carbocycles. The normalized spacial score (nSPS) is 14.7. The van der Waals surface area contributed by atoms with Gasteiger partial charge in [-0.25, -0.2) is 4.39 Å². The summed E-state index contributed by atoms with van der Waals surface area (Å²) < 4.78 is 19.0. The van der Waals surface area contributed by atoms with E-state index in [9.17, 15) is 14.0 Å². The van der Waals surface area contributed by atoms with E-state index in [0.717, 1.165) is 31.2 Å². The first-order valence-corrected chi connectivity index (χ1v) is 11.5. The Balaban J connectivity index is 1.59. The number of hydrogen-bond donors (Lipinski definition) is 1. The van der Waals surface area contributed by atoms with Gasteiger partial charge in [0.25, 0.3) is 0 Å². The van der Waals surface area contributed by atoms with E-state index in [1.54, 1.807) is 48.2 Å². The van der Waals surface area contributed by atoms with Gasteiger partial charge in [0.2, 0.25) is 11.8 Å². The van der Waals surface area contributed by atoms with Crippen molar-refractivity contribution < 1.29 is 18.7 Å². The van der Waals surface area contributed by atoms with Gasteiger partial charge in [0.15, 0.2) is 0 Å². The van der Waals surface area contributed by atoms with Gasteiger partial charge in [-0.15, -0.1) is 0 Å². The first-order valence-electron chi connectivity index (χ1n) is 11.1. The number of amides is 2.